The number of aromatic nitrogens is 3. The molecule has 1 saturated carbocycles. The molecule has 1 fully saturated rings. The van der Waals surface area contributed by atoms with E-state index < -0.39 is 23.6 Å². The van der Waals surface area contributed by atoms with Crippen molar-refractivity contribution in [2.75, 3.05) is 5.32 Å². The van der Waals surface area contributed by atoms with Crippen molar-refractivity contribution in [2.45, 2.75) is 38.2 Å². The molecule has 34 heavy (non-hydrogen) atoms. The molecule has 0 spiro atoms. The van der Waals surface area contributed by atoms with Gasteiger partial charge in [-0.2, -0.15) is 0 Å². The molecule has 3 aromatic heterocycles. The Morgan fingerprint density at radius 3 is 2.65 bits per heavy atom. The second-order valence-electron chi connectivity index (χ2n) is 7.84. The number of carboxylic acids is 1. The molecule has 4 aromatic rings. The molecule has 3 heterocycles. The number of nitrogens with zero attached hydrogens (tertiary/aromatic N) is 3. The Hall–Kier alpha value is -3.75. The molecule has 0 saturated heterocycles. The number of amides is 1. The van der Waals surface area contributed by atoms with E-state index in [9.17, 15) is 14.7 Å². The number of carbonyl (C=O) groups is 2. The van der Waals surface area contributed by atoms with Crippen molar-refractivity contribution in [3.05, 3.63) is 57.4 Å². The third-order valence-corrected chi connectivity index (χ3v) is 7.77. The number of benzene rings is 1. The van der Waals surface area contributed by atoms with E-state index in [0.29, 0.717) is 39.9 Å². The van der Waals surface area contributed by atoms with Crippen LogP contribution in [0.15, 0.2) is 34.9 Å². The Morgan fingerprint density at radius 2 is 1.97 bits per heavy atom. The number of hydrogen-bond acceptors (Lipinski definition) is 9. The van der Waals surface area contributed by atoms with Crippen LogP contribution in [0.3, 0.4) is 0 Å². The SMILES string of the molecule is Cc1noc(C#Cc2nc3nc(C4(C(=O)O)CC4)sc3s2)c1NC(=O)OC(C)c1ccccc1. The molecule has 1 aromatic carbocycles. The largest absolute Gasteiger partial charge is 0.481 e. The highest BCUT2D eigenvalue weighted by molar-refractivity contribution is 7.38. The molecule has 1 aliphatic rings. The van der Waals surface area contributed by atoms with Crippen molar-refractivity contribution in [3.63, 3.8) is 0 Å². The topological polar surface area (TPSA) is 127 Å². The number of carboxylic acid groups (broad SMARTS) is 1. The molecule has 1 aliphatic carbocycles. The number of rotatable bonds is 5. The summed E-state index contributed by atoms with van der Waals surface area (Å²) in [7, 11) is 0. The van der Waals surface area contributed by atoms with Crippen LogP contribution in [0.2, 0.25) is 0 Å². The van der Waals surface area contributed by atoms with E-state index in [0.717, 1.165) is 9.58 Å². The van der Waals surface area contributed by atoms with Crippen LogP contribution in [0.25, 0.3) is 9.66 Å². The van der Waals surface area contributed by atoms with Crippen molar-refractivity contribution < 1.29 is 24.0 Å². The first-order chi connectivity index (χ1) is 16.4. The summed E-state index contributed by atoms with van der Waals surface area (Å²) in [4.78, 5) is 32.7. The third kappa shape index (κ3) is 4.13. The predicted octanol–water partition coefficient (Wildman–Crippen LogP) is 4.87. The smallest absolute Gasteiger partial charge is 0.412 e. The van der Waals surface area contributed by atoms with Gasteiger partial charge in [-0.15, -0.1) is 11.3 Å². The highest BCUT2D eigenvalue weighted by Crippen LogP contribution is 2.51. The van der Waals surface area contributed by atoms with Crippen LogP contribution in [0.5, 0.6) is 0 Å². The second-order valence-corrected chi connectivity index (χ2v) is 10.1. The van der Waals surface area contributed by atoms with Crippen LogP contribution in [-0.2, 0) is 14.9 Å². The molecule has 9 nitrogen and oxygen atoms in total. The molecule has 1 amide bonds. The van der Waals surface area contributed by atoms with Gasteiger partial charge in [0.1, 0.15) is 31.9 Å². The minimum atomic E-state index is -0.846. The van der Waals surface area contributed by atoms with Crippen molar-refractivity contribution in [1.29, 1.82) is 0 Å². The lowest BCUT2D eigenvalue weighted by molar-refractivity contribution is -0.140. The Morgan fingerprint density at radius 1 is 1.21 bits per heavy atom. The minimum absolute atomic E-state index is 0.178. The van der Waals surface area contributed by atoms with Gasteiger partial charge in [-0.1, -0.05) is 46.8 Å². The van der Waals surface area contributed by atoms with E-state index in [2.05, 4.69) is 32.3 Å². The van der Waals surface area contributed by atoms with E-state index in [1.54, 1.807) is 13.8 Å². The van der Waals surface area contributed by atoms with Crippen LogP contribution in [-0.4, -0.2) is 32.3 Å². The maximum Gasteiger partial charge on any atom is 0.412 e. The first kappa shape index (κ1) is 22.1. The van der Waals surface area contributed by atoms with Crippen molar-refractivity contribution in [1.82, 2.24) is 15.1 Å². The van der Waals surface area contributed by atoms with Gasteiger partial charge < -0.3 is 14.4 Å². The number of aliphatic carboxylic acids is 1. The Balaban J connectivity index is 1.30. The molecule has 5 rings (SSSR count). The number of ether oxygens (including phenoxy) is 1. The van der Waals surface area contributed by atoms with Crippen molar-refractivity contribution >= 4 is 50.1 Å². The Bertz CT molecular complexity index is 1430. The molecule has 0 bridgehead atoms. The van der Waals surface area contributed by atoms with Crippen LogP contribution in [0.4, 0.5) is 10.5 Å². The molecule has 172 valence electrons. The number of carbonyl (C=O) groups excluding carboxylic acids is 1. The van der Waals surface area contributed by atoms with Gasteiger partial charge >= 0.3 is 12.1 Å². The van der Waals surface area contributed by atoms with Gasteiger partial charge in [-0.25, -0.2) is 14.8 Å². The number of fused-ring (bicyclic) bond motifs is 1. The predicted molar refractivity (Wildman–Crippen MR) is 126 cm³/mol. The third-order valence-electron chi connectivity index (χ3n) is 5.47. The van der Waals surface area contributed by atoms with E-state index in [1.165, 1.54) is 22.7 Å². The van der Waals surface area contributed by atoms with Crippen LogP contribution in [0, 0.1) is 18.8 Å². The van der Waals surface area contributed by atoms with E-state index in [4.69, 9.17) is 9.26 Å². The number of hydrogen-bond donors (Lipinski definition) is 2. The fourth-order valence-corrected chi connectivity index (χ4v) is 5.55. The Kier molecular flexibility index (Phi) is 5.55. The van der Waals surface area contributed by atoms with Gasteiger partial charge in [0.25, 0.3) is 0 Å². The van der Waals surface area contributed by atoms with Gasteiger partial charge in [0, 0.05) is 0 Å². The molecular formula is C23H18N4O5S2. The van der Waals surface area contributed by atoms with Crippen molar-refractivity contribution in [2.24, 2.45) is 0 Å². The van der Waals surface area contributed by atoms with Gasteiger partial charge in [0.15, 0.2) is 10.7 Å². The summed E-state index contributed by atoms with van der Waals surface area (Å²) in [5.41, 5.74) is 1.31. The highest BCUT2D eigenvalue weighted by atomic mass is 32.2. The normalized spacial score (nSPS) is 14.8. The fraction of sp³-hybridized carbons (Fsp3) is 0.261. The first-order valence-electron chi connectivity index (χ1n) is 10.4. The highest BCUT2D eigenvalue weighted by Gasteiger charge is 2.54. The summed E-state index contributed by atoms with van der Waals surface area (Å²) >= 11 is 2.67. The standard InChI is InChI=1S/C23H18N4O5S2/c1-12-17(25-22(30)31-13(2)14-6-4-3-5-7-14)15(32-27-12)8-9-16-24-18-19(33-16)34-20(26-18)23(10-11-23)21(28)29/h3-7,13H,10-11H2,1-2H3,(H,25,30)(H,28,29). The zero-order valence-electron chi connectivity index (χ0n) is 18.1. The summed E-state index contributed by atoms with van der Waals surface area (Å²) in [5.74, 6) is 5.09. The summed E-state index contributed by atoms with van der Waals surface area (Å²) < 4.78 is 11.5. The van der Waals surface area contributed by atoms with Crippen molar-refractivity contribution in [3.8, 4) is 11.8 Å². The number of aryl methyl sites for hydroxylation is 1. The van der Waals surface area contributed by atoms with E-state index in [1.807, 2.05) is 30.3 Å². The van der Waals surface area contributed by atoms with E-state index in [-0.39, 0.29) is 5.76 Å². The molecular weight excluding hydrogens is 476 g/mol. The average molecular weight is 495 g/mol. The molecule has 2 N–H and O–H groups in total. The minimum Gasteiger partial charge on any atom is -0.481 e. The zero-order chi connectivity index (χ0) is 23.9. The molecule has 0 aliphatic heterocycles. The maximum absolute atomic E-state index is 12.4. The van der Waals surface area contributed by atoms with Gasteiger partial charge in [0.2, 0.25) is 5.76 Å². The number of anilines is 1. The lowest BCUT2D eigenvalue weighted by Gasteiger charge is -2.13. The molecule has 1 atom stereocenters. The second kappa shape index (κ2) is 8.55. The first-order valence-corrected chi connectivity index (χ1v) is 12.0. The Labute approximate surface area is 201 Å². The summed E-state index contributed by atoms with van der Waals surface area (Å²) in [6, 6.07) is 9.40. The van der Waals surface area contributed by atoms with E-state index >= 15 is 0 Å². The summed E-state index contributed by atoms with van der Waals surface area (Å²) in [6.07, 6.45) is 0.114. The van der Waals surface area contributed by atoms with Gasteiger partial charge in [-0.05, 0) is 44.1 Å². The van der Waals surface area contributed by atoms with Crippen LogP contribution in [0.1, 0.15) is 52.9 Å². The lowest BCUT2D eigenvalue weighted by atomic mass is 10.1. The fourth-order valence-electron chi connectivity index (χ4n) is 3.34. The van der Waals surface area contributed by atoms with Crippen LogP contribution >= 0.6 is 22.7 Å². The summed E-state index contributed by atoms with van der Waals surface area (Å²) in [6.45, 7) is 3.47. The number of nitrogens with one attached hydrogen (secondary N) is 1. The quantitative estimate of drug-likeness (QED) is 0.376. The summed E-state index contributed by atoms with van der Waals surface area (Å²) in [5, 5.41) is 17.1. The monoisotopic (exact) mass is 494 g/mol. The average Bonchev–Trinajstić information content (AvgIpc) is 3.26. The van der Waals surface area contributed by atoms with Gasteiger partial charge in [0.05, 0.1) is 0 Å². The zero-order valence-corrected chi connectivity index (χ0v) is 19.7. The van der Waals surface area contributed by atoms with Gasteiger partial charge in [-0.3, -0.25) is 10.1 Å². The molecule has 0 radical (unpaired) electrons. The number of thiazole rings is 2. The maximum atomic E-state index is 12.4. The van der Waals surface area contributed by atoms with Crippen LogP contribution < -0.4 is 5.32 Å². The molecule has 1 unspecified atom stereocenters. The molecule has 11 heteroatoms. The lowest BCUT2D eigenvalue weighted by Crippen LogP contribution is -2.18.